The lowest BCUT2D eigenvalue weighted by Crippen LogP contribution is -2.47. The summed E-state index contributed by atoms with van der Waals surface area (Å²) in [4.78, 5) is 20.9. The first-order valence-corrected chi connectivity index (χ1v) is 7.68. The standard InChI is InChI=1S/C17H22N4O/c1-14-18-7-8-21(14)13-15-3-5-16(6-4-15)17(22)20-11-9-19(2)10-12-20/h3-8H,9-13H2,1-2H3. The van der Waals surface area contributed by atoms with Gasteiger partial charge in [0.25, 0.3) is 5.91 Å². The second-order valence-electron chi connectivity index (χ2n) is 5.89. The zero-order valence-electron chi connectivity index (χ0n) is 13.2. The second kappa shape index (κ2) is 6.32. The number of aryl methyl sites for hydroxylation is 1. The fraction of sp³-hybridized carbons (Fsp3) is 0.412. The summed E-state index contributed by atoms with van der Waals surface area (Å²) < 4.78 is 2.09. The van der Waals surface area contributed by atoms with Crippen molar-refractivity contribution in [2.24, 2.45) is 0 Å². The quantitative estimate of drug-likeness (QED) is 0.865. The maximum atomic E-state index is 12.5. The zero-order chi connectivity index (χ0) is 15.5. The number of hydrogen-bond donors (Lipinski definition) is 0. The number of piperazine rings is 1. The summed E-state index contributed by atoms with van der Waals surface area (Å²) in [5.74, 6) is 1.14. The molecule has 0 spiro atoms. The van der Waals surface area contributed by atoms with Crippen LogP contribution in [0.2, 0.25) is 0 Å². The van der Waals surface area contributed by atoms with Crippen LogP contribution in [0.5, 0.6) is 0 Å². The van der Waals surface area contributed by atoms with Gasteiger partial charge in [-0.2, -0.15) is 0 Å². The number of likely N-dealkylation sites (N-methyl/N-ethyl adjacent to an activating group) is 1. The highest BCUT2D eigenvalue weighted by molar-refractivity contribution is 5.94. The molecule has 1 aromatic carbocycles. The van der Waals surface area contributed by atoms with Gasteiger partial charge in [0.1, 0.15) is 5.82 Å². The Hall–Kier alpha value is -2.14. The van der Waals surface area contributed by atoms with E-state index < -0.39 is 0 Å². The smallest absolute Gasteiger partial charge is 0.253 e. The number of rotatable bonds is 3. The van der Waals surface area contributed by atoms with Gasteiger partial charge in [0.05, 0.1) is 0 Å². The number of amides is 1. The molecule has 1 aromatic heterocycles. The fourth-order valence-electron chi connectivity index (χ4n) is 2.71. The normalized spacial score (nSPS) is 16.0. The molecule has 1 amide bonds. The van der Waals surface area contributed by atoms with Gasteiger partial charge in [-0.15, -0.1) is 0 Å². The molecule has 0 radical (unpaired) electrons. The average molecular weight is 298 g/mol. The molecule has 2 aromatic rings. The topological polar surface area (TPSA) is 41.4 Å². The van der Waals surface area contributed by atoms with Crippen molar-refractivity contribution in [1.29, 1.82) is 0 Å². The first-order chi connectivity index (χ1) is 10.6. The van der Waals surface area contributed by atoms with E-state index in [0.717, 1.165) is 44.1 Å². The number of aromatic nitrogens is 2. The summed E-state index contributed by atoms with van der Waals surface area (Å²) >= 11 is 0. The van der Waals surface area contributed by atoms with Crippen LogP contribution in [0, 0.1) is 6.92 Å². The minimum absolute atomic E-state index is 0.137. The molecule has 116 valence electrons. The molecule has 22 heavy (non-hydrogen) atoms. The van der Waals surface area contributed by atoms with Crippen LogP contribution in [0.4, 0.5) is 0 Å². The van der Waals surface area contributed by atoms with Gasteiger partial charge in [-0.25, -0.2) is 4.98 Å². The van der Waals surface area contributed by atoms with Crippen LogP contribution in [0.3, 0.4) is 0 Å². The molecule has 0 aliphatic carbocycles. The van der Waals surface area contributed by atoms with E-state index >= 15 is 0 Å². The summed E-state index contributed by atoms with van der Waals surface area (Å²) in [5.41, 5.74) is 1.95. The monoisotopic (exact) mass is 298 g/mol. The van der Waals surface area contributed by atoms with Gasteiger partial charge in [-0.3, -0.25) is 4.79 Å². The first kappa shape index (κ1) is 14.8. The lowest BCUT2D eigenvalue weighted by atomic mass is 10.1. The number of carbonyl (C=O) groups is 1. The largest absolute Gasteiger partial charge is 0.336 e. The van der Waals surface area contributed by atoms with Crippen LogP contribution in [-0.2, 0) is 6.54 Å². The minimum Gasteiger partial charge on any atom is -0.336 e. The molecular weight excluding hydrogens is 276 g/mol. The summed E-state index contributed by atoms with van der Waals surface area (Å²) in [7, 11) is 2.09. The van der Waals surface area contributed by atoms with Crippen molar-refractivity contribution in [3.05, 3.63) is 53.6 Å². The Kier molecular flexibility index (Phi) is 4.24. The van der Waals surface area contributed by atoms with Crippen molar-refractivity contribution in [2.75, 3.05) is 33.2 Å². The Balaban J connectivity index is 1.66. The molecule has 1 aliphatic heterocycles. The molecule has 2 heterocycles. The van der Waals surface area contributed by atoms with Crippen molar-refractivity contribution >= 4 is 5.91 Å². The maximum absolute atomic E-state index is 12.5. The molecule has 0 saturated carbocycles. The van der Waals surface area contributed by atoms with E-state index in [9.17, 15) is 4.79 Å². The van der Waals surface area contributed by atoms with E-state index in [1.54, 1.807) is 6.20 Å². The summed E-state index contributed by atoms with van der Waals surface area (Å²) in [6.07, 6.45) is 3.78. The van der Waals surface area contributed by atoms with E-state index in [1.165, 1.54) is 5.56 Å². The summed E-state index contributed by atoms with van der Waals surface area (Å²) in [6.45, 7) is 6.30. The highest BCUT2D eigenvalue weighted by Crippen LogP contribution is 2.11. The third-order valence-electron chi connectivity index (χ3n) is 4.27. The summed E-state index contributed by atoms with van der Waals surface area (Å²) in [5, 5.41) is 0. The summed E-state index contributed by atoms with van der Waals surface area (Å²) in [6, 6.07) is 7.93. The molecule has 5 nitrogen and oxygen atoms in total. The molecule has 5 heteroatoms. The van der Waals surface area contributed by atoms with Gasteiger partial charge in [0, 0.05) is 50.7 Å². The highest BCUT2D eigenvalue weighted by atomic mass is 16.2. The number of nitrogens with zero attached hydrogens (tertiary/aromatic N) is 4. The van der Waals surface area contributed by atoms with Gasteiger partial charge in [-0.1, -0.05) is 12.1 Å². The fourth-order valence-corrected chi connectivity index (χ4v) is 2.71. The number of hydrogen-bond acceptors (Lipinski definition) is 3. The maximum Gasteiger partial charge on any atom is 0.253 e. The van der Waals surface area contributed by atoms with Crippen molar-refractivity contribution in [3.63, 3.8) is 0 Å². The third-order valence-corrected chi connectivity index (χ3v) is 4.27. The van der Waals surface area contributed by atoms with Crippen LogP contribution < -0.4 is 0 Å². The van der Waals surface area contributed by atoms with E-state index in [2.05, 4.69) is 21.5 Å². The molecule has 0 bridgehead atoms. The Morgan fingerprint density at radius 1 is 1.14 bits per heavy atom. The van der Waals surface area contributed by atoms with E-state index in [-0.39, 0.29) is 5.91 Å². The first-order valence-electron chi connectivity index (χ1n) is 7.68. The number of benzene rings is 1. The lowest BCUT2D eigenvalue weighted by molar-refractivity contribution is 0.0664. The number of imidazole rings is 1. The molecule has 1 saturated heterocycles. The van der Waals surface area contributed by atoms with Crippen molar-refractivity contribution in [2.45, 2.75) is 13.5 Å². The molecule has 0 atom stereocenters. The van der Waals surface area contributed by atoms with Crippen molar-refractivity contribution in [1.82, 2.24) is 19.4 Å². The van der Waals surface area contributed by atoms with Crippen LogP contribution in [0.1, 0.15) is 21.7 Å². The van der Waals surface area contributed by atoms with E-state index in [4.69, 9.17) is 0 Å². The Morgan fingerprint density at radius 3 is 2.41 bits per heavy atom. The molecule has 0 N–H and O–H groups in total. The predicted molar refractivity (Wildman–Crippen MR) is 85.9 cm³/mol. The predicted octanol–water partition coefficient (Wildman–Crippen LogP) is 1.63. The molecule has 1 fully saturated rings. The van der Waals surface area contributed by atoms with Crippen molar-refractivity contribution in [3.8, 4) is 0 Å². The Morgan fingerprint density at radius 2 is 1.82 bits per heavy atom. The Labute approximate surface area is 131 Å². The number of carbonyl (C=O) groups excluding carboxylic acids is 1. The van der Waals surface area contributed by atoms with E-state index in [0.29, 0.717) is 0 Å². The van der Waals surface area contributed by atoms with Crippen molar-refractivity contribution < 1.29 is 4.79 Å². The molecule has 3 rings (SSSR count). The average Bonchev–Trinajstić information content (AvgIpc) is 2.93. The van der Waals surface area contributed by atoms with Gasteiger partial charge in [-0.05, 0) is 31.7 Å². The third kappa shape index (κ3) is 3.20. The van der Waals surface area contributed by atoms with Gasteiger partial charge < -0.3 is 14.4 Å². The zero-order valence-corrected chi connectivity index (χ0v) is 13.2. The van der Waals surface area contributed by atoms with Gasteiger partial charge in [0.15, 0.2) is 0 Å². The Bertz CT molecular complexity index is 639. The van der Waals surface area contributed by atoms with Crippen LogP contribution >= 0.6 is 0 Å². The SMILES string of the molecule is Cc1nccn1Cc1ccc(C(=O)N2CCN(C)CC2)cc1. The molecule has 0 unspecified atom stereocenters. The molecule has 1 aliphatic rings. The van der Waals surface area contributed by atoms with E-state index in [1.807, 2.05) is 42.3 Å². The highest BCUT2D eigenvalue weighted by Gasteiger charge is 2.20. The van der Waals surface area contributed by atoms with Crippen LogP contribution in [0.25, 0.3) is 0 Å². The molecular formula is C17H22N4O. The lowest BCUT2D eigenvalue weighted by Gasteiger charge is -2.32. The van der Waals surface area contributed by atoms with Crippen LogP contribution in [0.15, 0.2) is 36.7 Å². The van der Waals surface area contributed by atoms with Gasteiger partial charge >= 0.3 is 0 Å². The van der Waals surface area contributed by atoms with Gasteiger partial charge in [0.2, 0.25) is 0 Å². The minimum atomic E-state index is 0.137. The van der Waals surface area contributed by atoms with Crippen LogP contribution in [-0.4, -0.2) is 58.5 Å². The second-order valence-corrected chi connectivity index (χ2v) is 5.89.